The topological polar surface area (TPSA) is 80.1 Å². The highest BCUT2D eigenvalue weighted by atomic mass is 16.5. The summed E-state index contributed by atoms with van der Waals surface area (Å²) in [5, 5.41) is 0. The molecule has 2 aromatic heterocycles. The van der Waals surface area contributed by atoms with Crippen molar-refractivity contribution in [2.75, 3.05) is 27.2 Å². The van der Waals surface area contributed by atoms with Crippen molar-refractivity contribution in [1.82, 2.24) is 19.9 Å². The summed E-state index contributed by atoms with van der Waals surface area (Å²) in [5.41, 5.74) is 9.25. The fourth-order valence-electron chi connectivity index (χ4n) is 2.91. The number of hydrogen-bond acceptors (Lipinski definition) is 5. The van der Waals surface area contributed by atoms with Crippen molar-refractivity contribution in [2.45, 2.75) is 18.4 Å². The van der Waals surface area contributed by atoms with Gasteiger partial charge in [-0.25, -0.2) is 4.98 Å². The number of methoxy groups -OCH3 is 1. The number of ether oxygens (including phenoxy) is 1. The SMILES string of the molecule is COc1ncnc2c(C3CCN(C)CC3N)c[nH]c12. The molecular formula is C13H19N5O. The number of likely N-dealkylation sites (tertiary alicyclic amines) is 1. The number of H-pyrrole nitrogens is 1. The van der Waals surface area contributed by atoms with Gasteiger partial charge < -0.3 is 20.4 Å². The standard InChI is InChI=1S/C13H19N5O/c1-18-4-3-8(10(14)6-18)9-5-15-12-11(9)16-7-17-13(12)19-2/h5,7-8,10,15H,3-4,6,14H2,1-2H3. The fourth-order valence-corrected chi connectivity index (χ4v) is 2.91. The van der Waals surface area contributed by atoms with Crippen molar-refractivity contribution >= 4 is 11.0 Å². The number of nitrogens with zero attached hydrogens (tertiary/aromatic N) is 3. The molecule has 1 saturated heterocycles. The molecule has 0 amide bonds. The summed E-state index contributed by atoms with van der Waals surface area (Å²) in [6.45, 7) is 1.98. The lowest BCUT2D eigenvalue weighted by Gasteiger charge is -2.34. The molecule has 0 aliphatic carbocycles. The van der Waals surface area contributed by atoms with Crippen LogP contribution in [0.4, 0.5) is 0 Å². The number of nitrogens with two attached hydrogens (primary N) is 1. The van der Waals surface area contributed by atoms with Crippen molar-refractivity contribution in [3.63, 3.8) is 0 Å². The highest BCUT2D eigenvalue weighted by Gasteiger charge is 2.28. The third kappa shape index (κ3) is 2.06. The van der Waals surface area contributed by atoms with Crippen LogP contribution in [0.3, 0.4) is 0 Å². The van der Waals surface area contributed by atoms with E-state index in [2.05, 4.69) is 26.9 Å². The summed E-state index contributed by atoms with van der Waals surface area (Å²) in [7, 11) is 3.72. The van der Waals surface area contributed by atoms with Crippen LogP contribution < -0.4 is 10.5 Å². The Morgan fingerprint density at radius 1 is 1.47 bits per heavy atom. The molecule has 0 radical (unpaired) electrons. The molecule has 2 atom stereocenters. The number of likely N-dealkylation sites (N-methyl/N-ethyl adjacent to an activating group) is 1. The number of hydrogen-bond donors (Lipinski definition) is 2. The normalized spacial score (nSPS) is 24.8. The van der Waals surface area contributed by atoms with E-state index in [9.17, 15) is 0 Å². The number of aromatic amines is 1. The molecular weight excluding hydrogens is 242 g/mol. The van der Waals surface area contributed by atoms with Gasteiger partial charge in [-0.1, -0.05) is 0 Å². The molecule has 2 aromatic rings. The van der Waals surface area contributed by atoms with Crippen molar-refractivity contribution in [3.05, 3.63) is 18.1 Å². The Morgan fingerprint density at radius 3 is 3.05 bits per heavy atom. The zero-order valence-corrected chi connectivity index (χ0v) is 11.3. The first-order chi connectivity index (χ1) is 9.20. The van der Waals surface area contributed by atoms with Crippen LogP contribution in [0, 0.1) is 0 Å². The smallest absolute Gasteiger partial charge is 0.241 e. The lowest BCUT2D eigenvalue weighted by Crippen LogP contribution is -2.45. The van der Waals surface area contributed by atoms with E-state index in [1.54, 1.807) is 13.4 Å². The van der Waals surface area contributed by atoms with E-state index < -0.39 is 0 Å². The number of fused-ring (bicyclic) bond motifs is 1. The van der Waals surface area contributed by atoms with Crippen LogP contribution in [0.15, 0.2) is 12.5 Å². The van der Waals surface area contributed by atoms with Gasteiger partial charge in [0.15, 0.2) is 0 Å². The minimum Gasteiger partial charge on any atom is -0.479 e. The molecule has 2 unspecified atom stereocenters. The van der Waals surface area contributed by atoms with Crippen LogP contribution in [0.1, 0.15) is 17.9 Å². The average Bonchev–Trinajstić information content (AvgIpc) is 2.82. The Kier molecular flexibility index (Phi) is 3.12. The lowest BCUT2D eigenvalue weighted by atomic mass is 9.87. The molecule has 19 heavy (non-hydrogen) atoms. The number of nitrogens with one attached hydrogen (secondary N) is 1. The fraction of sp³-hybridized carbons (Fsp3) is 0.538. The van der Waals surface area contributed by atoms with Crippen molar-refractivity contribution in [1.29, 1.82) is 0 Å². The Balaban J connectivity index is 2.01. The Hall–Kier alpha value is -1.66. The summed E-state index contributed by atoms with van der Waals surface area (Å²) in [4.78, 5) is 14.0. The number of piperidine rings is 1. The zero-order chi connectivity index (χ0) is 13.4. The molecule has 102 valence electrons. The van der Waals surface area contributed by atoms with Crippen LogP contribution in [0.2, 0.25) is 0 Å². The quantitative estimate of drug-likeness (QED) is 0.832. The third-order valence-electron chi connectivity index (χ3n) is 3.91. The first-order valence-electron chi connectivity index (χ1n) is 6.50. The van der Waals surface area contributed by atoms with Gasteiger partial charge in [-0.15, -0.1) is 0 Å². The van der Waals surface area contributed by atoms with Gasteiger partial charge >= 0.3 is 0 Å². The lowest BCUT2D eigenvalue weighted by molar-refractivity contribution is 0.229. The maximum absolute atomic E-state index is 6.29. The minimum absolute atomic E-state index is 0.138. The van der Waals surface area contributed by atoms with Gasteiger partial charge in [-0.2, -0.15) is 4.98 Å². The summed E-state index contributed by atoms with van der Waals surface area (Å²) < 4.78 is 5.25. The zero-order valence-electron chi connectivity index (χ0n) is 11.3. The second kappa shape index (κ2) is 4.79. The Labute approximate surface area is 112 Å². The summed E-state index contributed by atoms with van der Waals surface area (Å²) >= 11 is 0. The number of rotatable bonds is 2. The highest BCUT2D eigenvalue weighted by Crippen LogP contribution is 2.33. The van der Waals surface area contributed by atoms with Crippen LogP contribution in [-0.2, 0) is 0 Å². The van der Waals surface area contributed by atoms with Gasteiger partial charge in [-0.05, 0) is 20.0 Å². The van der Waals surface area contributed by atoms with Crippen LogP contribution in [0.25, 0.3) is 11.0 Å². The van der Waals surface area contributed by atoms with E-state index in [1.165, 1.54) is 5.56 Å². The second-order valence-electron chi connectivity index (χ2n) is 5.17. The van der Waals surface area contributed by atoms with E-state index in [0.29, 0.717) is 11.8 Å². The molecule has 0 saturated carbocycles. The molecule has 0 aromatic carbocycles. The van der Waals surface area contributed by atoms with E-state index in [4.69, 9.17) is 10.5 Å². The van der Waals surface area contributed by atoms with Gasteiger partial charge in [-0.3, -0.25) is 0 Å². The predicted octanol–water partition coefficient (Wildman–Crippen LogP) is 0.713. The van der Waals surface area contributed by atoms with Gasteiger partial charge in [0, 0.05) is 30.3 Å². The largest absolute Gasteiger partial charge is 0.479 e. The summed E-state index contributed by atoms with van der Waals surface area (Å²) in [6.07, 6.45) is 4.59. The molecule has 1 aliphatic rings. The van der Waals surface area contributed by atoms with Gasteiger partial charge in [0.05, 0.1) is 12.6 Å². The van der Waals surface area contributed by atoms with Crippen molar-refractivity contribution < 1.29 is 4.74 Å². The van der Waals surface area contributed by atoms with Crippen molar-refractivity contribution in [2.24, 2.45) is 5.73 Å². The van der Waals surface area contributed by atoms with Gasteiger partial charge in [0.2, 0.25) is 5.88 Å². The van der Waals surface area contributed by atoms with Crippen LogP contribution >= 0.6 is 0 Å². The van der Waals surface area contributed by atoms with Gasteiger partial charge in [0.1, 0.15) is 11.8 Å². The monoisotopic (exact) mass is 261 g/mol. The molecule has 0 spiro atoms. The third-order valence-corrected chi connectivity index (χ3v) is 3.91. The van der Waals surface area contributed by atoms with Gasteiger partial charge in [0.25, 0.3) is 0 Å². The van der Waals surface area contributed by atoms with E-state index in [-0.39, 0.29) is 6.04 Å². The number of aromatic nitrogens is 3. The molecule has 0 bridgehead atoms. The minimum atomic E-state index is 0.138. The first kappa shape index (κ1) is 12.4. The Morgan fingerprint density at radius 2 is 2.32 bits per heavy atom. The maximum Gasteiger partial charge on any atom is 0.241 e. The molecule has 6 nitrogen and oxygen atoms in total. The van der Waals surface area contributed by atoms with Crippen molar-refractivity contribution in [3.8, 4) is 5.88 Å². The summed E-state index contributed by atoms with van der Waals surface area (Å²) in [6, 6.07) is 0.138. The first-order valence-corrected chi connectivity index (χ1v) is 6.50. The van der Waals surface area contributed by atoms with Crippen LogP contribution in [0.5, 0.6) is 5.88 Å². The summed E-state index contributed by atoms with van der Waals surface area (Å²) in [5.74, 6) is 0.919. The Bertz CT molecular complexity index is 581. The van der Waals surface area contributed by atoms with E-state index in [0.717, 1.165) is 30.5 Å². The average molecular weight is 261 g/mol. The second-order valence-corrected chi connectivity index (χ2v) is 5.17. The molecule has 1 aliphatic heterocycles. The molecule has 6 heteroatoms. The van der Waals surface area contributed by atoms with E-state index >= 15 is 0 Å². The predicted molar refractivity (Wildman–Crippen MR) is 73.3 cm³/mol. The molecule has 3 N–H and O–H groups in total. The maximum atomic E-state index is 6.29. The molecule has 3 rings (SSSR count). The molecule has 1 fully saturated rings. The van der Waals surface area contributed by atoms with Crippen LogP contribution in [-0.4, -0.2) is 53.1 Å². The highest BCUT2D eigenvalue weighted by molar-refractivity contribution is 5.83. The molecule has 3 heterocycles. The van der Waals surface area contributed by atoms with E-state index in [1.807, 2.05) is 6.20 Å².